The van der Waals surface area contributed by atoms with Crippen molar-refractivity contribution in [3.63, 3.8) is 0 Å². The van der Waals surface area contributed by atoms with Crippen molar-refractivity contribution in [2.45, 2.75) is 57.0 Å². The van der Waals surface area contributed by atoms with Gasteiger partial charge in [0.2, 0.25) is 0 Å². The molecule has 0 radical (unpaired) electrons. The fraction of sp³-hybridized carbons (Fsp3) is 0.733. The molecule has 0 aromatic carbocycles. The molecule has 0 N–H and O–H groups in total. The Bertz CT molecular complexity index is 311. The molecule has 0 spiro atoms. The Morgan fingerprint density at radius 1 is 1.19 bits per heavy atom. The highest BCUT2D eigenvalue weighted by Crippen LogP contribution is 2.44. The number of hydrogen-bond acceptors (Lipinski definition) is 1. The lowest BCUT2D eigenvalue weighted by Crippen LogP contribution is -2.64. The van der Waals surface area contributed by atoms with Crippen LogP contribution in [0, 0.1) is 5.92 Å². The highest BCUT2D eigenvalue weighted by Gasteiger charge is 2.48. The first-order valence-electron chi connectivity index (χ1n) is 6.91. The van der Waals surface area contributed by atoms with Crippen LogP contribution in [0.4, 0.5) is 0 Å². The monoisotopic (exact) mass is 217 g/mol. The van der Waals surface area contributed by atoms with Gasteiger partial charge < -0.3 is 0 Å². The molecule has 16 heavy (non-hydrogen) atoms. The van der Waals surface area contributed by atoms with E-state index in [4.69, 9.17) is 0 Å². The van der Waals surface area contributed by atoms with Gasteiger partial charge in [-0.15, -0.1) is 0 Å². The predicted molar refractivity (Wildman–Crippen MR) is 68.4 cm³/mol. The number of likely N-dealkylation sites (tertiary alicyclic amines) is 1. The lowest BCUT2D eigenvalue weighted by Gasteiger charge is -2.57. The van der Waals surface area contributed by atoms with Crippen molar-refractivity contribution in [2.24, 2.45) is 5.92 Å². The lowest BCUT2D eigenvalue weighted by atomic mass is 9.71. The molecule has 2 atom stereocenters. The topological polar surface area (TPSA) is 3.24 Å². The average molecular weight is 217 g/mol. The quantitative estimate of drug-likeness (QED) is 0.684. The second-order valence-corrected chi connectivity index (χ2v) is 5.89. The zero-order valence-corrected chi connectivity index (χ0v) is 10.4. The Morgan fingerprint density at radius 3 is 2.56 bits per heavy atom. The highest BCUT2D eigenvalue weighted by atomic mass is 15.3. The Labute approximate surface area is 99.2 Å². The SMILES string of the molecule is CC1(C2C=CC=CC2)CCN1C1CCCC1. The number of hydrogen-bond donors (Lipinski definition) is 0. The highest BCUT2D eigenvalue weighted by molar-refractivity contribution is 5.18. The minimum atomic E-state index is 0.469. The molecule has 1 aliphatic heterocycles. The van der Waals surface area contributed by atoms with E-state index in [1.807, 2.05) is 0 Å². The van der Waals surface area contributed by atoms with Gasteiger partial charge in [-0.1, -0.05) is 37.1 Å². The molecule has 1 heteroatoms. The lowest BCUT2D eigenvalue weighted by molar-refractivity contribution is -0.0629. The summed E-state index contributed by atoms with van der Waals surface area (Å²) in [5.74, 6) is 0.756. The standard InChI is InChI=1S/C15H23N/c1-15(13-7-3-2-4-8-13)11-12-16(15)14-9-5-6-10-14/h2-4,7,13-14H,5-6,8-12H2,1H3. The van der Waals surface area contributed by atoms with E-state index in [9.17, 15) is 0 Å². The van der Waals surface area contributed by atoms with Gasteiger partial charge in [0.15, 0.2) is 0 Å². The Balaban J connectivity index is 1.72. The van der Waals surface area contributed by atoms with Crippen LogP contribution in [0.25, 0.3) is 0 Å². The van der Waals surface area contributed by atoms with E-state index >= 15 is 0 Å². The molecular formula is C15H23N. The molecule has 2 unspecified atom stereocenters. The molecule has 1 saturated heterocycles. The summed E-state index contributed by atoms with van der Waals surface area (Å²) < 4.78 is 0. The van der Waals surface area contributed by atoms with E-state index in [2.05, 4.69) is 36.1 Å². The first kappa shape index (κ1) is 10.6. The molecule has 0 bridgehead atoms. The van der Waals surface area contributed by atoms with E-state index in [-0.39, 0.29) is 0 Å². The third kappa shape index (κ3) is 1.57. The number of nitrogens with zero attached hydrogens (tertiary/aromatic N) is 1. The van der Waals surface area contributed by atoms with Crippen molar-refractivity contribution in [2.75, 3.05) is 6.54 Å². The van der Waals surface area contributed by atoms with Gasteiger partial charge in [0.05, 0.1) is 0 Å². The van der Waals surface area contributed by atoms with Crippen LogP contribution < -0.4 is 0 Å². The van der Waals surface area contributed by atoms with Crippen molar-refractivity contribution < 1.29 is 0 Å². The second kappa shape index (κ2) is 4.03. The molecule has 3 aliphatic rings. The number of allylic oxidation sites excluding steroid dienone is 3. The summed E-state index contributed by atoms with van der Waals surface area (Å²) in [7, 11) is 0. The minimum absolute atomic E-state index is 0.469. The van der Waals surface area contributed by atoms with Crippen molar-refractivity contribution >= 4 is 0 Å². The van der Waals surface area contributed by atoms with E-state index in [1.165, 1.54) is 45.1 Å². The molecule has 88 valence electrons. The first-order chi connectivity index (χ1) is 7.81. The van der Waals surface area contributed by atoms with E-state index in [0.717, 1.165) is 12.0 Å². The van der Waals surface area contributed by atoms with Crippen LogP contribution in [0.2, 0.25) is 0 Å². The molecule has 1 saturated carbocycles. The maximum Gasteiger partial charge on any atom is 0.0262 e. The third-order valence-corrected chi connectivity index (χ3v) is 5.06. The Kier molecular flexibility index (Phi) is 2.67. The van der Waals surface area contributed by atoms with Crippen molar-refractivity contribution in [1.82, 2.24) is 4.90 Å². The summed E-state index contributed by atoms with van der Waals surface area (Å²) in [4.78, 5) is 2.81. The average Bonchev–Trinajstić information content (AvgIpc) is 2.81. The minimum Gasteiger partial charge on any atom is -0.294 e. The van der Waals surface area contributed by atoms with Gasteiger partial charge in [-0.05, 0) is 38.5 Å². The molecule has 2 fully saturated rings. The van der Waals surface area contributed by atoms with Gasteiger partial charge in [0, 0.05) is 18.1 Å². The van der Waals surface area contributed by atoms with Gasteiger partial charge in [0.25, 0.3) is 0 Å². The maximum absolute atomic E-state index is 2.81. The van der Waals surface area contributed by atoms with Crippen molar-refractivity contribution in [3.05, 3.63) is 24.3 Å². The maximum atomic E-state index is 2.81. The van der Waals surface area contributed by atoms with Gasteiger partial charge in [-0.3, -0.25) is 4.90 Å². The van der Waals surface area contributed by atoms with Gasteiger partial charge in [-0.2, -0.15) is 0 Å². The zero-order chi connectivity index (χ0) is 11.0. The number of rotatable bonds is 2. The first-order valence-corrected chi connectivity index (χ1v) is 6.91. The molecule has 1 nitrogen and oxygen atoms in total. The van der Waals surface area contributed by atoms with Crippen LogP contribution in [-0.2, 0) is 0 Å². The summed E-state index contributed by atoms with van der Waals surface area (Å²) in [5.41, 5.74) is 0.469. The van der Waals surface area contributed by atoms with Gasteiger partial charge in [-0.25, -0.2) is 0 Å². The van der Waals surface area contributed by atoms with Crippen LogP contribution >= 0.6 is 0 Å². The van der Waals surface area contributed by atoms with Gasteiger partial charge >= 0.3 is 0 Å². The second-order valence-electron chi connectivity index (χ2n) is 5.89. The van der Waals surface area contributed by atoms with E-state index in [0.29, 0.717) is 5.54 Å². The van der Waals surface area contributed by atoms with Crippen molar-refractivity contribution in [3.8, 4) is 0 Å². The van der Waals surface area contributed by atoms with Crippen LogP contribution in [0.5, 0.6) is 0 Å². The fourth-order valence-corrected chi connectivity index (χ4v) is 3.85. The zero-order valence-electron chi connectivity index (χ0n) is 10.4. The largest absolute Gasteiger partial charge is 0.294 e. The molecular weight excluding hydrogens is 194 g/mol. The molecule has 2 aliphatic carbocycles. The normalized spacial score (nSPS) is 40.2. The van der Waals surface area contributed by atoms with Crippen molar-refractivity contribution in [1.29, 1.82) is 0 Å². The van der Waals surface area contributed by atoms with E-state index < -0.39 is 0 Å². The fourth-order valence-electron chi connectivity index (χ4n) is 3.85. The summed E-state index contributed by atoms with van der Waals surface area (Å²) in [6.07, 6.45) is 17.6. The molecule has 1 heterocycles. The third-order valence-electron chi connectivity index (χ3n) is 5.06. The van der Waals surface area contributed by atoms with Crippen LogP contribution in [0.3, 0.4) is 0 Å². The summed E-state index contributed by atoms with van der Waals surface area (Å²) >= 11 is 0. The van der Waals surface area contributed by atoms with Crippen LogP contribution in [-0.4, -0.2) is 23.0 Å². The molecule has 0 aromatic rings. The van der Waals surface area contributed by atoms with E-state index in [1.54, 1.807) is 0 Å². The Morgan fingerprint density at radius 2 is 2.00 bits per heavy atom. The summed E-state index contributed by atoms with van der Waals surface area (Å²) in [6.45, 7) is 3.83. The van der Waals surface area contributed by atoms with Crippen LogP contribution in [0.1, 0.15) is 45.4 Å². The molecule has 3 rings (SSSR count). The summed E-state index contributed by atoms with van der Waals surface area (Å²) in [6, 6.07) is 0.901. The smallest absolute Gasteiger partial charge is 0.0262 e. The van der Waals surface area contributed by atoms with Crippen LogP contribution in [0.15, 0.2) is 24.3 Å². The predicted octanol–water partition coefficient (Wildman–Crippen LogP) is 3.53. The summed E-state index contributed by atoms with van der Waals surface area (Å²) in [5, 5.41) is 0. The van der Waals surface area contributed by atoms with Gasteiger partial charge in [0.1, 0.15) is 0 Å². The molecule has 0 aromatic heterocycles. The molecule has 0 amide bonds. The Hall–Kier alpha value is -0.560.